The van der Waals surface area contributed by atoms with Crippen molar-refractivity contribution < 1.29 is 4.79 Å². The zero-order valence-electron chi connectivity index (χ0n) is 23.2. The predicted octanol–water partition coefficient (Wildman–Crippen LogP) is 5.28. The van der Waals surface area contributed by atoms with Crippen molar-refractivity contribution in [2.45, 2.75) is 122 Å². The van der Waals surface area contributed by atoms with Gasteiger partial charge in [-0.2, -0.15) is 0 Å². The van der Waals surface area contributed by atoms with E-state index in [2.05, 4.69) is 40.9 Å². The smallest absolute Gasteiger partial charge is 0.225 e. The van der Waals surface area contributed by atoms with E-state index < -0.39 is 0 Å². The van der Waals surface area contributed by atoms with Crippen LogP contribution in [0.4, 0.5) is 5.95 Å². The minimum atomic E-state index is 0.189. The maximum atomic E-state index is 12.1. The molecule has 1 aromatic heterocycles. The first kappa shape index (κ1) is 26.1. The van der Waals surface area contributed by atoms with Gasteiger partial charge in [0.25, 0.3) is 0 Å². The lowest BCUT2D eigenvalue weighted by molar-refractivity contribution is -0.123. The Bertz CT molecular complexity index is 841. The fourth-order valence-electron chi connectivity index (χ4n) is 7.40. The van der Waals surface area contributed by atoms with Gasteiger partial charge in [0.1, 0.15) is 5.78 Å². The van der Waals surface area contributed by atoms with Crippen molar-refractivity contribution in [3.05, 3.63) is 18.0 Å². The van der Waals surface area contributed by atoms with Crippen LogP contribution in [0.1, 0.15) is 103 Å². The second-order valence-corrected chi connectivity index (χ2v) is 12.8. The highest BCUT2D eigenvalue weighted by Gasteiger charge is 2.39. The van der Waals surface area contributed by atoms with E-state index in [1.165, 1.54) is 76.4 Å². The molecular weight excluding hydrogens is 446 g/mol. The van der Waals surface area contributed by atoms with E-state index in [-0.39, 0.29) is 5.92 Å². The summed E-state index contributed by atoms with van der Waals surface area (Å²) in [6, 6.07) is 2.47. The van der Waals surface area contributed by atoms with Crippen molar-refractivity contribution in [3.63, 3.8) is 0 Å². The van der Waals surface area contributed by atoms with E-state index in [0.717, 1.165) is 31.5 Å². The van der Waals surface area contributed by atoms with Gasteiger partial charge >= 0.3 is 0 Å². The van der Waals surface area contributed by atoms with E-state index in [0.29, 0.717) is 35.7 Å². The fraction of sp³-hybridized carbons (Fsp3) is 0.833. The van der Waals surface area contributed by atoms with Crippen LogP contribution in [0.25, 0.3) is 0 Å². The van der Waals surface area contributed by atoms with Gasteiger partial charge in [-0.25, -0.2) is 9.97 Å². The Morgan fingerprint density at radius 1 is 0.861 bits per heavy atom. The SMILES string of the molecule is CC(C)C(=O)CC1CCC(N2CCC(c3cnc(N4C5CCCC4CN(C(C)C)C5)nc3)CC2)CC1. The molecule has 6 nitrogen and oxygen atoms in total. The van der Waals surface area contributed by atoms with Crippen molar-refractivity contribution in [2.75, 3.05) is 31.1 Å². The van der Waals surface area contributed by atoms with Crippen molar-refractivity contribution in [1.82, 2.24) is 19.8 Å². The molecule has 36 heavy (non-hydrogen) atoms. The molecule has 4 fully saturated rings. The van der Waals surface area contributed by atoms with Gasteiger partial charge in [-0.3, -0.25) is 9.69 Å². The van der Waals surface area contributed by atoms with Crippen LogP contribution >= 0.6 is 0 Å². The van der Waals surface area contributed by atoms with Gasteiger partial charge in [0.05, 0.1) is 0 Å². The lowest BCUT2D eigenvalue weighted by Gasteiger charge is -2.51. The summed E-state index contributed by atoms with van der Waals surface area (Å²) in [7, 11) is 0. The first-order chi connectivity index (χ1) is 17.4. The van der Waals surface area contributed by atoms with Gasteiger partial charge in [0.15, 0.2) is 0 Å². The summed E-state index contributed by atoms with van der Waals surface area (Å²) in [6.07, 6.45) is 16.4. The standard InChI is InChI=1S/C30H49N5O/c1-21(2)29(36)16-23-8-10-26(11-9-23)33-14-12-24(13-15-33)25-17-31-30(32-18-25)35-27-6-5-7-28(35)20-34(19-27)22(3)4/h17-18,21-24,26-28H,5-16,19-20H2,1-4H3. The number of carbonyl (C=O) groups excluding carboxylic acids is 1. The summed E-state index contributed by atoms with van der Waals surface area (Å²) < 4.78 is 0. The molecule has 0 radical (unpaired) electrons. The van der Waals surface area contributed by atoms with E-state index in [1.807, 2.05) is 13.8 Å². The minimum Gasteiger partial charge on any atom is -0.332 e. The molecule has 0 N–H and O–H groups in total. The second kappa shape index (κ2) is 11.5. The number of piperidine rings is 2. The molecule has 1 saturated carbocycles. The van der Waals surface area contributed by atoms with Gasteiger partial charge in [-0.15, -0.1) is 0 Å². The van der Waals surface area contributed by atoms with Crippen LogP contribution in [-0.2, 0) is 4.79 Å². The van der Waals surface area contributed by atoms with Crippen molar-refractivity contribution in [3.8, 4) is 0 Å². The lowest BCUT2D eigenvalue weighted by Crippen LogP contribution is -2.62. The molecule has 200 valence electrons. The molecule has 6 heteroatoms. The molecule has 1 aliphatic carbocycles. The van der Waals surface area contributed by atoms with Crippen molar-refractivity contribution in [1.29, 1.82) is 0 Å². The topological polar surface area (TPSA) is 52.6 Å². The minimum absolute atomic E-state index is 0.189. The van der Waals surface area contributed by atoms with Gasteiger partial charge in [-0.1, -0.05) is 13.8 Å². The molecule has 3 saturated heterocycles. The number of piperazine rings is 1. The van der Waals surface area contributed by atoms with Gasteiger partial charge < -0.3 is 9.80 Å². The summed E-state index contributed by atoms with van der Waals surface area (Å²) in [5, 5.41) is 0. The number of nitrogens with zero attached hydrogens (tertiary/aromatic N) is 5. The van der Waals surface area contributed by atoms with Crippen LogP contribution in [0, 0.1) is 11.8 Å². The Labute approximate surface area is 219 Å². The lowest BCUT2D eigenvalue weighted by atomic mass is 9.80. The second-order valence-electron chi connectivity index (χ2n) is 12.8. The highest BCUT2D eigenvalue weighted by Crippen LogP contribution is 2.36. The average Bonchev–Trinajstić information content (AvgIpc) is 2.88. The van der Waals surface area contributed by atoms with E-state index in [1.54, 1.807) is 0 Å². The third kappa shape index (κ3) is 5.80. The van der Waals surface area contributed by atoms with Crippen LogP contribution in [0.2, 0.25) is 0 Å². The summed E-state index contributed by atoms with van der Waals surface area (Å²) in [5.74, 6) is 2.81. The number of carbonyl (C=O) groups is 1. The summed E-state index contributed by atoms with van der Waals surface area (Å²) in [4.78, 5) is 30.0. The predicted molar refractivity (Wildman–Crippen MR) is 146 cm³/mol. The largest absolute Gasteiger partial charge is 0.332 e. The summed E-state index contributed by atoms with van der Waals surface area (Å²) in [5.41, 5.74) is 1.33. The van der Waals surface area contributed by atoms with Gasteiger partial charge in [-0.05, 0) is 102 Å². The van der Waals surface area contributed by atoms with Crippen molar-refractivity contribution in [2.24, 2.45) is 11.8 Å². The highest BCUT2D eigenvalue weighted by atomic mass is 16.1. The summed E-state index contributed by atoms with van der Waals surface area (Å²) >= 11 is 0. The Morgan fingerprint density at radius 2 is 1.47 bits per heavy atom. The molecule has 0 amide bonds. The molecule has 2 bridgehead atoms. The third-order valence-electron chi connectivity index (χ3n) is 9.84. The number of aromatic nitrogens is 2. The number of hydrogen-bond acceptors (Lipinski definition) is 6. The first-order valence-electron chi connectivity index (χ1n) is 15.0. The van der Waals surface area contributed by atoms with E-state index in [9.17, 15) is 4.79 Å². The Morgan fingerprint density at radius 3 is 2.03 bits per heavy atom. The number of rotatable bonds is 7. The number of fused-ring (bicyclic) bond motifs is 2. The molecule has 5 rings (SSSR count). The number of anilines is 1. The number of Topliss-reactive ketones (excluding diaryl/α,β-unsaturated/α-hetero) is 1. The zero-order chi connectivity index (χ0) is 25.2. The first-order valence-corrected chi connectivity index (χ1v) is 15.0. The third-order valence-corrected chi connectivity index (χ3v) is 9.84. The van der Waals surface area contributed by atoms with E-state index in [4.69, 9.17) is 9.97 Å². The highest BCUT2D eigenvalue weighted by molar-refractivity contribution is 5.80. The van der Waals surface area contributed by atoms with Gasteiger partial charge in [0.2, 0.25) is 5.95 Å². The molecular formula is C30H49N5O. The Hall–Kier alpha value is -1.53. The molecule has 0 spiro atoms. The fourth-order valence-corrected chi connectivity index (χ4v) is 7.40. The monoisotopic (exact) mass is 495 g/mol. The van der Waals surface area contributed by atoms with Crippen LogP contribution in [0.5, 0.6) is 0 Å². The van der Waals surface area contributed by atoms with E-state index >= 15 is 0 Å². The normalized spacial score (nSPS) is 30.8. The molecule has 1 aromatic rings. The zero-order valence-corrected chi connectivity index (χ0v) is 23.2. The quantitative estimate of drug-likeness (QED) is 0.513. The number of ketones is 1. The average molecular weight is 496 g/mol. The van der Waals surface area contributed by atoms with Crippen LogP contribution in [0.15, 0.2) is 12.4 Å². The Kier molecular flexibility index (Phi) is 8.31. The summed E-state index contributed by atoms with van der Waals surface area (Å²) in [6.45, 7) is 13.4. The maximum Gasteiger partial charge on any atom is 0.225 e. The van der Waals surface area contributed by atoms with Crippen LogP contribution in [0.3, 0.4) is 0 Å². The number of hydrogen-bond donors (Lipinski definition) is 0. The van der Waals surface area contributed by atoms with Crippen LogP contribution in [-0.4, -0.2) is 75.9 Å². The molecule has 3 aliphatic heterocycles. The number of likely N-dealkylation sites (tertiary alicyclic amines) is 2. The van der Waals surface area contributed by atoms with Crippen LogP contribution < -0.4 is 4.90 Å². The van der Waals surface area contributed by atoms with Crippen molar-refractivity contribution >= 4 is 11.7 Å². The molecule has 2 unspecified atom stereocenters. The molecule has 2 atom stereocenters. The molecule has 4 heterocycles. The maximum absolute atomic E-state index is 12.1. The molecule has 0 aromatic carbocycles. The van der Waals surface area contributed by atoms with Gasteiger partial charge in [0, 0.05) is 62.0 Å². The molecule has 4 aliphatic rings. The Balaban J connectivity index is 1.11.